The third-order valence-electron chi connectivity index (χ3n) is 1.78. The minimum atomic E-state index is 0.843. The molecule has 0 spiro atoms. The van der Waals surface area contributed by atoms with Crippen molar-refractivity contribution in [2.75, 3.05) is 5.73 Å². The van der Waals surface area contributed by atoms with E-state index in [0.29, 0.717) is 0 Å². The van der Waals surface area contributed by atoms with E-state index in [9.17, 15) is 0 Å². The largest absolute Gasteiger partial charge is 0.399 e. The quantitative estimate of drug-likeness (QED) is 0.460. The van der Waals surface area contributed by atoms with E-state index < -0.39 is 0 Å². The van der Waals surface area contributed by atoms with Crippen molar-refractivity contribution in [3.63, 3.8) is 0 Å². The van der Waals surface area contributed by atoms with Gasteiger partial charge >= 0.3 is 0 Å². The van der Waals surface area contributed by atoms with Crippen LogP contribution >= 0.6 is 49.9 Å². The molecule has 1 nitrogen and oxygen atoms in total. The Morgan fingerprint density at radius 2 is 2.15 bits per heavy atom. The summed E-state index contributed by atoms with van der Waals surface area (Å²) in [6.07, 6.45) is 0. The normalized spacial score (nSPS) is 10.9. The Morgan fingerprint density at radius 1 is 1.38 bits per heavy atom. The summed E-state index contributed by atoms with van der Waals surface area (Å²) in [5.74, 6) is 0. The third-order valence-corrected chi connectivity index (χ3v) is 5.15. The van der Waals surface area contributed by atoms with Gasteiger partial charge in [-0.15, -0.1) is 11.3 Å². The molecule has 0 aliphatic heterocycles. The van der Waals surface area contributed by atoms with Crippen LogP contribution in [-0.2, 0) is 5.33 Å². The minimum Gasteiger partial charge on any atom is -0.399 e. The van der Waals surface area contributed by atoms with Crippen molar-refractivity contribution < 1.29 is 0 Å². The van der Waals surface area contributed by atoms with Crippen molar-refractivity contribution in [3.8, 4) is 0 Å². The van der Waals surface area contributed by atoms with Gasteiger partial charge in [0, 0.05) is 24.2 Å². The average Bonchev–Trinajstić information content (AvgIpc) is 2.47. The Balaban J connectivity index is 2.75. The van der Waals surface area contributed by atoms with Crippen LogP contribution in [-0.4, -0.2) is 0 Å². The van der Waals surface area contributed by atoms with E-state index in [1.54, 1.807) is 0 Å². The Kier molecular flexibility index (Phi) is 2.80. The smallest absolute Gasteiger partial charge is 0.0481 e. The van der Waals surface area contributed by atoms with Crippen molar-refractivity contribution in [1.29, 1.82) is 0 Å². The van der Waals surface area contributed by atoms with Crippen LogP contribution in [0.3, 0.4) is 0 Å². The van der Waals surface area contributed by atoms with Crippen LogP contribution in [0.5, 0.6) is 0 Å². The molecule has 2 N–H and O–H groups in total. The molecule has 1 aromatic heterocycles. The zero-order chi connectivity index (χ0) is 9.42. The molecule has 0 saturated carbocycles. The number of benzene rings is 1. The van der Waals surface area contributed by atoms with Gasteiger partial charge in [0.2, 0.25) is 0 Å². The summed E-state index contributed by atoms with van der Waals surface area (Å²) in [4.78, 5) is 1.35. The fourth-order valence-electron chi connectivity index (χ4n) is 1.25. The van der Waals surface area contributed by atoms with Gasteiger partial charge in [-0.2, -0.15) is 0 Å². The molecule has 2 rings (SSSR count). The lowest BCUT2D eigenvalue weighted by molar-refractivity contribution is 1.60. The van der Waals surface area contributed by atoms with E-state index in [0.717, 1.165) is 11.0 Å². The number of fused-ring (bicyclic) bond motifs is 1. The molecule has 0 unspecified atom stereocenters. The standard InChI is InChI=1S/C9H7BrINS/c10-4-7-2-5-1-6(12)3-8(11)9(5)13-7/h1-3H,4,12H2. The molecular formula is C9H7BrINS. The predicted molar refractivity (Wildman–Crippen MR) is 71.6 cm³/mol. The number of rotatable bonds is 1. The highest BCUT2D eigenvalue weighted by atomic mass is 127. The van der Waals surface area contributed by atoms with Crippen LogP contribution in [0.15, 0.2) is 18.2 Å². The van der Waals surface area contributed by atoms with Crippen LogP contribution < -0.4 is 5.73 Å². The summed E-state index contributed by atoms with van der Waals surface area (Å²) in [6.45, 7) is 0. The topological polar surface area (TPSA) is 26.0 Å². The molecule has 1 heterocycles. The van der Waals surface area contributed by atoms with E-state index in [2.05, 4.69) is 44.6 Å². The molecule has 0 amide bonds. The van der Waals surface area contributed by atoms with Gasteiger partial charge in [0.25, 0.3) is 0 Å². The van der Waals surface area contributed by atoms with Crippen molar-refractivity contribution in [2.24, 2.45) is 0 Å². The number of thiophene rings is 1. The number of nitrogens with two attached hydrogens (primary N) is 1. The van der Waals surface area contributed by atoms with Gasteiger partial charge < -0.3 is 5.73 Å². The maximum absolute atomic E-state index is 5.76. The number of hydrogen-bond acceptors (Lipinski definition) is 2. The van der Waals surface area contributed by atoms with Crippen LogP contribution in [0.25, 0.3) is 10.1 Å². The van der Waals surface area contributed by atoms with Crippen LogP contribution in [0, 0.1) is 3.57 Å². The van der Waals surface area contributed by atoms with Gasteiger partial charge in [0.05, 0.1) is 0 Å². The number of hydrogen-bond donors (Lipinski definition) is 1. The SMILES string of the molecule is Nc1cc(I)c2sc(CBr)cc2c1. The fraction of sp³-hybridized carbons (Fsp3) is 0.111. The first-order valence-corrected chi connectivity index (χ1v) is 6.76. The lowest BCUT2D eigenvalue weighted by atomic mass is 10.2. The average molecular weight is 368 g/mol. The van der Waals surface area contributed by atoms with Crippen molar-refractivity contribution >= 4 is 65.6 Å². The summed E-state index contributed by atoms with van der Waals surface area (Å²) in [5.41, 5.74) is 6.61. The summed E-state index contributed by atoms with van der Waals surface area (Å²) in [7, 11) is 0. The minimum absolute atomic E-state index is 0.843. The molecular weight excluding hydrogens is 361 g/mol. The highest BCUT2D eigenvalue weighted by Crippen LogP contribution is 2.32. The van der Waals surface area contributed by atoms with Crippen LogP contribution in [0.1, 0.15) is 4.88 Å². The van der Waals surface area contributed by atoms with E-state index in [-0.39, 0.29) is 0 Å². The van der Waals surface area contributed by atoms with E-state index in [4.69, 9.17) is 5.73 Å². The summed E-state index contributed by atoms with van der Waals surface area (Å²) >= 11 is 7.61. The Hall–Kier alpha value is 0.190. The zero-order valence-corrected chi connectivity index (χ0v) is 11.2. The lowest BCUT2D eigenvalue weighted by Crippen LogP contribution is -1.84. The number of anilines is 1. The van der Waals surface area contributed by atoms with Gasteiger partial charge in [-0.05, 0) is 46.2 Å². The van der Waals surface area contributed by atoms with Gasteiger partial charge in [0.1, 0.15) is 0 Å². The highest BCUT2D eigenvalue weighted by Gasteiger charge is 2.04. The van der Waals surface area contributed by atoms with Crippen molar-refractivity contribution in [1.82, 2.24) is 0 Å². The van der Waals surface area contributed by atoms with E-state index in [1.807, 2.05) is 23.5 Å². The molecule has 0 radical (unpaired) electrons. The second-order valence-corrected chi connectivity index (χ2v) is 5.63. The van der Waals surface area contributed by atoms with Crippen LogP contribution in [0.2, 0.25) is 0 Å². The van der Waals surface area contributed by atoms with Crippen LogP contribution in [0.4, 0.5) is 5.69 Å². The first kappa shape index (κ1) is 9.73. The fourth-order valence-corrected chi connectivity index (χ4v) is 3.65. The second-order valence-electron chi connectivity index (χ2n) is 2.77. The molecule has 0 bridgehead atoms. The highest BCUT2D eigenvalue weighted by molar-refractivity contribution is 14.1. The molecule has 0 saturated heterocycles. The summed E-state index contributed by atoms with van der Waals surface area (Å²) < 4.78 is 2.58. The van der Waals surface area contributed by atoms with Crippen molar-refractivity contribution in [3.05, 3.63) is 26.6 Å². The monoisotopic (exact) mass is 367 g/mol. The maximum atomic E-state index is 5.76. The molecule has 0 atom stereocenters. The molecule has 68 valence electrons. The van der Waals surface area contributed by atoms with E-state index in [1.165, 1.54) is 18.5 Å². The maximum Gasteiger partial charge on any atom is 0.0481 e. The molecule has 0 fully saturated rings. The molecule has 4 heteroatoms. The summed E-state index contributed by atoms with van der Waals surface area (Å²) in [6, 6.07) is 6.23. The predicted octanol–water partition coefficient (Wildman–Crippen LogP) is 3.98. The molecule has 0 aliphatic carbocycles. The molecule has 13 heavy (non-hydrogen) atoms. The molecule has 1 aromatic carbocycles. The Labute approximate surface area is 103 Å². The van der Waals surface area contributed by atoms with Crippen molar-refractivity contribution in [2.45, 2.75) is 5.33 Å². The summed E-state index contributed by atoms with van der Waals surface area (Å²) in [5, 5.41) is 2.17. The van der Waals surface area contributed by atoms with Gasteiger partial charge in [-0.25, -0.2) is 0 Å². The first-order valence-electron chi connectivity index (χ1n) is 3.74. The number of halogens is 2. The zero-order valence-electron chi connectivity index (χ0n) is 6.68. The Morgan fingerprint density at radius 3 is 2.85 bits per heavy atom. The molecule has 2 aromatic rings. The lowest BCUT2D eigenvalue weighted by Gasteiger charge is -1.95. The Bertz CT molecular complexity index is 452. The number of alkyl halides is 1. The van der Waals surface area contributed by atoms with Gasteiger partial charge in [-0.1, -0.05) is 15.9 Å². The first-order chi connectivity index (χ1) is 6.20. The molecule has 0 aliphatic rings. The third kappa shape index (κ3) is 1.85. The van der Waals surface area contributed by atoms with Gasteiger partial charge in [0.15, 0.2) is 0 Å². The van der Waals surface area contributed by atoms with E-state index >= 15 is 0 Å². The number of nitrogen functional groups attached to an aromatic ring is 1. The van der Waals surface area contributed by atoms with Gasteiger partial charge in [-0.3, -0.25) is 0 Å². The second kappa shape index (κ2) is 3.74.